The van der Waals surface area contributed by atoms with Gasteiger partial charge in [-0.15, -0.1) is 0 Å². The zero-order valence-corrected chi connectivity index (χ0v) is 11.9. The van der Waals surface area contributed by atoms with Crippen molar-refractivity contribution in [2.24, 2.45) is 0 Å². The number of amides is 2. The van der Waals surface area contributed by atoms with E-state index in [9.17, 15) is 4.79 Å². The quantitative estimate of drug-likeness (QED) is 0.886. The minimum absolute atomic E-state index is 0.316. The third kappa shape index (κ3) is 4.10. The Labute approximate surface area is 123 Å². The second kappa shape index (κ2) is 7.14. The van der Waals surface area contributed by atoms with Gasteiger partial charge in [0.05, 0.1) is 14.2 Å². The average Bonchev–Trinajstić information content (AvgIpc) is 2.53. The van der Waals surface area contributed by atoms with E-state index in [0.717, 1.165) is 5.56 Å². The minimum atomic E-state index is -0.316. The molecule has 0 aliphatic rings. The van der Waals surface area contributed by atoms with E-state index >= 15 is 0 Å². The summed E-state index contributed by atoms with van der Waals surface area (Å²) < 4.78 is 10.4. The van der Waals surface area contributed by atoms with Crippen LogP contribution in [0, 0.1) is 0 Å². The van der Waals surface area contributed by atoms with Crippen molar-refractivity contribution in [2.45, 2.75) is 6.54 Å². The smallest absolute Gasteiger partial charge is 0.320 e. The minimum Gasteiger partial charge on any atom is -0.493 e. The molecule has 2 N–H and O–H groups in total. The highest BCUT2D eigenvalue weighted by Gasteiger charge is 2.06. The molecule has 1 aromatic heterocycles. The van der Waals surface area contributed by atoms with E-state index < -0.39 is 0 Å². The van der Waals surface area contributed by atoms with Crippen LogP contribution in [0.25, 0.3) is 0 Å². The molecule has 2 amide bonds. The third-order valence-electron chi connectivity index (χ3n) is 2.81. The van der Waals surface area contributed by atoms with Crippen LogP contribution >= 0.6 is 0 Å². The van der Waals surface area contributed by atoms with Crippen molar-refractivity contribution in [3.63, 3.8) is 0 Å². The van der Waals surface area contributed by atoms with Crippen LogP contribution in [0.4, 0.5) is 10.6 Å². The number of carbonyl (C=O) groups excluding carboxylic acids is 1. The van der Waals surface area contributed by atoms with E-state index in [4.69, 9.17) is 9.47 Å². The molecule has 0 unspecified atom stereocenters. The van der Waals surface area contributed by atoms with Crippen LogP contribution in [0.1, 0.15) is 5.56 Å². The summed E-state index contributed by atoms with van der Waals surface area (Å²) in [7, 11) is 3.15. The Morgan fingerprint density at radius 3 is 2.62 bits per heavy atom. The van der Waals surface area contributed by atoms with Gasteiger partial charge in [-0.1, -0.05) is 12.1 Å². The highest BCUT2D eigenvalue weighted by molar-refractivity contribution is 5.88. The normalized spacial score (nSPS) is 9.81. The zero-order chi connectivity index (χ0) is 15.1. The summed E-state index contributed by atoms with van der Waals surface area (Å²) in [5, 5.41) is 5.40. The molecule has 2 aromatic rings. The fourth-order valence-corrected chi connectivity index (χ4v) is 1.77. The maximum Gasteiger partial charge on any atom is 0.320 e. The summed E-state index contributed by atoms with van der Waals surface area (Å²) in [6, 6.07) is 10.5. The SMILES string of the molecule is COc1ccc(CNC(=O)Nc2ccccn2)cc1OC. The molecular formula is C15H17N3O3. The highest BCUT2D eigenvalue weighted by Crippen LogP contribution is 2.27. The van der Waals surface area contributed by atoms with Gasteiger partial charge in [0.1, 0.15) is 5.82 Å². The Bertz CT molecular complexity index is 602. The lowest BCUT2D eigenvalue weighted by molar-refractivity contribution is 0.251. The van der Waals surface area contributed by atoms with Crippen LogP contribution in [-0.2, 0) is 6.54 Å². The van der Waals surface area contributed by atoms with Crippen molar-refractivity contribution in [3.8, 4) is 11.5 Å². The molecule has 6 heteroatoms. The van der Waals surface area contributed by atoms with Crippen molar-refractivity contribution >= 4 is 11.8 Å². The van der Waals surface area contributed by atoms with Crippen molar-refractivity contribution in [3.05, 3.63) is 48.2 Å². The van der Waals surface area contributed by atoms with Gasteiger partial charge >= 0.3 is 6.03 Å². The lowest BCUT2D eigenvalue weighted by atomic mass is 10.2. The zero-order valence-electron chi connectivity index (χ0n) is 11.9. The molecule has 6 nitrogen and oxygen atoms in total. The first-order chi connectivity index (χ1) is 10.2. The molecule has 0 bridgehead atoms. The van der Waals surface area contributed by atoms with E-state index in [1.807, 2.05) is 12.1 Å². The summed E-state index contributed by atoms with van der Waals surface area (Å²) >= 11 is 0. The summed E-state index contributed by atoms with van der Waals surface area (Å²) in [6.07, 6.45) is 1.62. The first-order valence-corrected chi connectivity index (χ1v) is 6.39. The maximum absolute atomic E-state index is 11.7. The van der Waals surface area contributed by atoms with Crippen molar-refractivity contribution < 1.29 is 14.3 Å². The number of aromatic nitrogens is 1. The second-order valence-corrected chi connectivity index (χ2v) is 4.21. The van der Waals surface area contributed by atoms with Crippen molar-refractivity contribution in [1.82, 2.24) is 10.3 Å². The van der Waals surface area contributed by atoms with E-state index in [1.165, 1.54) is 0 Å². The third-order valence-corrected chi connectivity index (χ3v) is 2.81. The molecule has 2 rings (SSSR count). The number of ether oxygens (including phenoxy) is 2. The van der Waals surface area contributed by atoms with Gasteiger partial charge in [-0.25, -0.2) is 9.78 Å². The van der Waals surface area contributed by atoms with Gasteiger partial charge in [-0.3, -0.25) is 5.32 Å². The van der Waals surface area contributed by atoms with E-state index in [-0.39, 0.29) is 6.03 Å². The monoisotopic (exact) mass is 287 g/mol. The van der Waals surface area contributed by atoms with Gasteiger partial charge in [-0.2, -0.15) is 0 Å². The number of benzene rings is 1. The first-order valence-electron chi connectivity index (χ1n) is 6.39. The predicted molar refractivity (Wildman–Crippen MR) is 79.6 cm³/mol. The Balaban J connectivity index is 1.92. The number of pyridine rings is 1. The summed E-state index contributed by atoms with van der Waals surface area (Å²) in [5.74, 6) is 1.78. The lowest BCUT2D eigenvalue weighted by Gasteiger charge is -2.10. The molecule has 0 saturated heterocycles. The molecule has 1 heterocycles. The summed E-state index contributed by atoms with van der Waals surface area (Å²) in [6.45, 7) is 0.374. The average molecular weight is 287 g/mol. The van der Waals surface area contributed by atoms with Crippen LogP contribution in [0.5, 0.6) is 11.5 Å². The Morgan fingerprint density at radius 2 is 1.95 bits per heavy atom. The number of hydrogen-bond donors (Lipinski definition) is 2. The van der Waals surface area contributed by atoms with Gasteiger partial charge in [0.25, 0.3) is 0 Å². The van der Waals surface area contributed by atoms with Crippen LogP contribution in [0.15, 0.2) is 42.6 Å². The molecule has 0 saturated carbocycles. The van der Waals surface area contributed by atoms with Crippen LogP contribution < -0.4 is 20.1 Å². The molecule has 0 spiro atoms. The number of hydrogen-bond acceptors (Lipinski definition) is 4. The number of rotatable bonds is 5. The van der Waals surface area contributed by atoms with Crippen LogP contribution in [0.2, 0.25) is 0 Å². The number of nitrogens with zero attached hydrogens (tertiary/aromatic N) is 1. The maximum atomic E-state index is 11.7. The van der Waals surface area contributed by atoms with E-state index in [0.29, 0.717) is 23.9 Å². The van der Waals surface area contributed by atoms with Gasteiger partial charge < -0.3 is 14.8 Å². The number of anilines is 1. The van der Waals surface area contributed by atoms with Gasteiger partial charge in [0.2, 0.25) is 0 Å². The molecule has 0 aliphatic carbocycles. The van der Waals surface area contributed by atoms with Crippen LogP contribution in [0.3, 0.4) is 0 Å². The fraction of sp³-hybridized carbons (Fsp3) is 0.200. The number of nitrogens with one attached hydrogen (secondary N) is 2. The van der Waals surface area contributed by atoms with Crippen LogP contribution in [-0.4, -0.2) is 25.2 Å². The standard InChI is InChI=1S/C15H17N3O3/c1-20-12-7-6-11(9-13(12)21-2)10-17-15(19)18-14-5-3-4-8-16-14/h3-9H,10H2,1-2H3,(H2,16,17,18,19). The molecular weight excluding hydrogens is 270 g/mol. The molecule has 0 fully saturated rings. The first kappa shape index (κ1) is 14.6. The topological polar surface area (TPSA) is 72.5 Å². The Morgan fingerprint density at radius 1 is 1.14 bits per heavy atom. The van der Waals surface area contributed by atoms with E-state index in [1.54, 1.807) is 44.7 Å². The largest absolute Gasteiger partial charge is 0.493 e. The number of carbonyl (C=O) groups is 1. The molecule has 0 atom stereocenters. The summed E-state index contributed by atoms with van der Waals surface area (Å²) in [5.41, 5.74) is 0.906. The molecule has 1 aromatic carbocycles. The van der Waals surface area contributed by atoms with Crippen molar-refractivity contribution in [1.29, 1.82) is 0 Å². The molecule has 0 radical (unpaired) electrons. The lowest BCUT2D eigenvalue weighted by Crippen LogP contribution is -2.28. The second-order valence-electron chi connectivity index (χ2n) is 4.21. The summed E-state index contributed by atoms with van der Waals surface area (Å²) in [4.78, 5) is 15.8. The molecule has 110 valence electrons. The van der Waals surface area contributed by atoms with E-state index in [2.05, 4.69) is 15.6 Å². The van der Waals surface area contributed by atoms with Crippen molar-refractivity contribution in [2.75, 3.05) is 19.5 Å². The molecule has 21 heavy (non-hydrogen) atoms. The Hall–Kier alpha value is -2.76. The van der Waals surface area contributed by atoms with Gasteiger partial charge in [-0.05, 0) is 29.8 Å². The predicted octanol–water partition coefficient (Wildman–Crippen LogP) is 2.42. The molecule has 0 aliphatic heterocycles. The van der Waals surface area contributed by atoms with Gasteiger partial charge in [0.15, 0.2) is 11.5 Å². The Kier molecular flexibility index (Phi) is 4.98. The number of urea groups is 1. The fourth-order valence-electron chi connectivity index (χ4n) is 1.77. The highest BCUT2D eigenvalue weighted by atomic mass is 16.5. The van der Waals surface area contributed by atoms with Gasteiger partial charge in [0, 0.05) is 12.7 Å². The number of methoxy groups -OCH3 is 2.